The molecule has 1 unspecified atom stereocenters. The number of ketones is 1. The predicted octanol–water partition coefficient (Wildman–Crippen LogP) is 4.10. The third-order valence-corrected chi connectivity index (χ3v) is 4.11. The fraction of sp³-hybridized carbons (Fsp3) is 0.588. The lowest BCUT2D eigenvalue weighted by atomic mass is 9.95. The molecule has 0 spiro atoms. The first-order valence-corrected chi connectivity index (χ1v) is 7.72. The number of rotatable bonds is 4. The Hall–Kier alpha value is -1.22. The third-order valence-electron chi connectivity index (χ3n) is 4.11. The number of benzene rings is 1. The summed E-state index contributed by atoms with van der Waals surface area (Å²) < 4.78 is 12.9. The van der Waals surface area contributed by atoms with Gasteiger partial charge < -0.3 is 5.32 Å². The van der Waals surface area contributed by atoms with Crippen LogP contribution >= 0.6 is 0 Å². The number of hydrogen-bond donors (Lipinski definition) is 1. The summed E-state index contributed by atoms with van der Waals surface area (Å²) in [6, 6.07) is 6.05. The average molecular weight is 277 g/mol. The van der Waals surface area contributed by atoms with Crippen LogP contribution in [0.3, 0.4) is 0 Å². The van der Waals surface area contributed by atoms with E-state index in [1.54, 1.807) is 12.1 Å². The quantitative estimate of drug-likeness (QED) is 0.839. The molecular formula is C17H24FNO. The summed E-state index contributed by atoms with van der Waals surface area (Å²) in [6.07, 6.45) is 8.75. The van der Waals surface area contributed by atoms with Crippen LogP contribution in [0.4, 0.5) is 4.39 Å². The Bertz CT molecular complexity index is 421. The molecule has 0 amide bonds. The topological polar surface area (TPSA) is 29.1 Å². The highest BCUT2D eigenvalue weighted by atomic mass is 19.1. The Morgan fingerprint density at radius 3 is 2.25 bits per heavy atom. The minimum atomic E-state index is -0.304. The van der Waals surface area contributed by atoms with Crippen LogP contribution in [0.5, 0.6) is 0 Å². The molecular weight excluding hydrogens is 253 g/mol. The summed E-state index contributed by atoms with van der Waals surface area (Å²) in [4.78, 5) is 12.3. The molecule has 1 atom stereocenters. The van der Waals surface area contributed by atoms with E-state index in [0.29, 0.717) is 11.6 Å². The second-order valence-corrected chi connectivity index (χ2v) is 5.80. The molecule has 0 radical (unpaired) electrons. The maximum atomic E-state index is 12.9. The number of hydrogen-bond acceptors (Lipinski definition) is 2. The van der Waals surface area contributed by atoms with Crippen molar-refractivity contribution >= 4 is 5.78 Å². The molecule has 0 bridgehead atoms. The number of halogens is 1. The van der Waals surface area contributed by atoms with Gasteiger partial charge in [0.05, 0.1) is 6.04 Å². The number of carbonyl (C=O) groups excluding carboxylic acids is 1. The molecule has 1 aliphatic rings. The van der Waals surface area contributed by atoms with Gasteiger partial charge in [0.1, 0.15) is 5.82 Å². The second-order valence-electron chi connectivity index (χ2n) is 5.80. The Labute approximate surface area is 120 Å². The molecule has 1 aromatic carbocycles. The second kappa shape index (κ2) is 7.53. The third kappa shape index (κ3) is 4.41. The number of carbonyl (C=O) groups is 1. The molecule has 0 heterocycles. The van der Waals surface area contributed by atoms with Gasteiger partial charge in [0, 0.05) is 11.6 Å². The minimum absolute atomic E-state index is 0.0482. The maximum Gasteiger partial charge on any atom is 0.179 e. The molecule has 0 aliphatic heterocycles. The standard InChI is InChI=1S/C17H24FNO/c1-13(17(20)14-9-11-15(18)12-10-14)19-16-7-5-3-2-4-6-8-16/h9-13,16,19H,2-8H2,1H3. The molecule has 2 nitrogen and oxygen atoms in total. The largest absolute Gasteiger partial charge is 0.305 e. The van der Waals surface area contributed by atoms with Gasteiger partial charge in [0.25, 0.3) is 0 Å². The molecule has 1 aromatic rings. The van der Waals surface area contributed by atoms with E-state index in [1.807, 2.05) is 6.92 Å². The molecule has 1 fully saturated rings. The van der Waals surface area contributed by atoms with E-state index in [4.69, 9.17) is 0 Å². The summed E-state index contributed by atoms with van der Waals surface area (Å²) in [6.45, 7) is 1.91. The highest BCUT2D eigenvalue weighted by Crippen LogP contribution is 2.18. The predicted molar refractivity (Wildman–Crippen MR) is 79.4 cm³/mol. The number of nitrogens with one attached hydrogen (secondary N) is 1. The zero-order valence-corrected chi connectivity index (χ0v) is 12.2. The van der Waals surface area contributed by atoms with Gasteiger partial charge in [-0.2, -0.15) is 0 Å². The molecule has 0 aromatic heterocycles. The van der Waals surface area contributed by atoms with Crippen LogP contribution in [-0.4, -0.2) is 17.9 Å². The van der Waals surface area contributed by atoms with Crippen LogP contribution in [-0.2, 0) is 0 Å². The van der Waals surface area contributed by atoms with Crippen LogP contribution in [0.25, 0.3) is 0 Å². The zero-order chi connectivity index (χ0) is 14.4. The smallest absolute Gasteiger partial charge is 0.179 e. The first kappa shape index (κ1) is 15.2. The van der Waals surface area contributed by atoms with Crippen molar-refractivity contribution in [3.63, 3.8) is 0 Å². The van der Waals surface area contributed by atoms with Crippen LogP contribution in [0.15, 0.2) is 24.3 Å². The van der Waals surface area contributed by atoms with Gasteiger partial charge in [0.15, 0.2) is 5.78 Å². The summed E-state index contributed by atoms with van der Waals surface area (Å²) in [7, 11) is 0. The first-order valence-electron chi connectivity index (χ1n) is 7.72. The van der Waals surface area contributed by atoms with Gasteiger partial charge in [-0.05, 0) is 44.0 Å². The lowest BCUT2D eigenvalue weighted by molar-refractivity contribution is 0.0941. The summed E-state index contributed by atoms with van der Waals surface area (Å²) in [5, 5.41) is 3.46. The van der Waals surface area contributed by atoms with E-state index in [2.05, 4.69) is 5.32 Å². The van der Waals surface area contributed by atoms with E-state index < -0.39 is 0 Å². The summed E-state index contributed by atoms with van der Waals surface area (Å²) in [5.74, 6) is -0.255. The van der Waals surface area contributed by atoms with Crippen LogP contribution < -0.4 is 5.32 Å². The van der Waals surface area contributed by atoms with Gasteiger partial charge in [0.2, 0.25) is 0 Å². The summed E-state index contributed by atoms with van der Waals surface area (Å²) >= 11 is 0. The van der Waals surface area contributed by atoms with Gasteiger partial charge >= 0.3 is 0 Å². The normalized spacial score (nSPS) is 19.1. The fourth-order valence-electron chi connectivity index (χ4n) is 2.92. The Balaban J connectivity index is 1.90. The molecule has 2 rings (SSSR count). The van der Waals surface area contributed by atoms with Gasteiger partial charge in [-0.3, -0.25) is 4.79 Å². The molecule has 1 saturated carbocycles. The summed E-state index contributed by atoms with van der Waals surface area (Å²) in [5.41, 5.74) is 0.581. The molecule has 20 heavy (non-hydrogen) atoms. The van der Waals surface area contributed by atoms with Gasteiger partial charge in [-0.1, -0.05) is 32.1 Å². The van der Waals surface area contributed by atoms with E-state index in [1.165, 1.54) is 44.2 Å². The molecule has 0 saturated heterocycles. The van der Waals surface area contributed by atoms with E-state index in [9.17, 15) is 9.18 Å². The molecule has 1 aliphatic carbocycles. The van der Waals surface area contributed by atoms with Crippen molar-refractivity contribution in [3.05, 3.63) is 35.6 Å². The van der Waals surface area contributed by atoms with Crippen molar-refractivity contribution in [1.82, 2.24) is 5.32 Å². The van der Waals surface area contributed by atoms with E-state index in [-0.39, 0.29) is 17.6 Å². The van der Waals surface area contributed by atoms with E-state index in [0.717, 1.165) is 12.8 Å². The Kier molecular flexibility index (Phi) is 5.72. The Morgan fingerprint density at radius 2 is 1.65 bits per heavy atom. The first-order chi connectivity index (χ1) is 9.66. The van der Waals surface area contributed by atoms with Crippen molar-refractivity contribution in [2.75, 3.05) is 0 Å². The molecule has 3 heteroatoms. The van der Waals surface area contributed by atoms with Crippen LogP contribution in [0.2, 0.25) is 0 Å². The average Bonchev–Trinajstić information content (AvgIpc) is 2.41. The lowest BCUT2D eigenvalue weighted by Crippen LogP contribution is -2.41. The molecule has 110 valence electrons. The highest BCUT2D eigenvalue weighted by molar-refractivity contribution is 5.99. The zero-order valence-electron chi connectivity index (χ0n) is 12.2. The van der Waals surface area contributed by atoms with E-state index >= 15 is 0 Å². The van der Waals surface area contributed by atoms with Crippen molar-refractivity contribution in [3.8, 4) is 0 Å². The monoisotopic (exact) mass is 277 g/mol. The van der Waals surface area contributed by atoms with Gasteiger partial charge in [-0.25, -0.2) is 4.39 Å². The van der Waals surface area contributed by atoms with Crippen molar-refractivity contribution < 1.29 is 9.18 Å². The molecule has 1 N–H and O–H groups in total. The fourth-order valence-corrected chi connectivity index (χ4v) is 2.92. The van der Waals surface area contributed by atoms with Crippen molar-refractivity contribution in [2.24, 2.45) is 0 Å². The Morgan fingerprint density at radius 1 is 1.10 bits per heavy atom. The maximum absolute atomic E-state index is 12.9. The highest BCUT2D eigenvalue weighted by Gasteiger charge is 2.19. The van der Waals surface area contributed by atoms with Crippen molar-refractivity contribution in [1.29, 1.82) is 0 Å². The SMILES string of the molecule is CC(NC1CCCCCCC1)C(=O)c1ccc(F)cc1. The lowest BCUT2D eigenvalue weighted by Gasteiger charge is -2.24. The van der Waals surface area contributed by atoms with Crippen LogP contribution in [0, 0.1) is 5.82 Å². The number of Topliss-reactive ketones (excluding diaryl/α,β-unsaturated/α-hetero) is 1. The minimum Gasteiger partial charge on any atom is -0.305 e. The van der Waals surface area contributed by atoms with Crippen molar-refractivity contribution in [2.45, 2.75) is 64.0 Å². The van der Waals surface area contributed by atoms with Gasteiger partial charge in [-0.15, -0.1) is 0 Å². The van der Waals surface area contributed by atoms with Crippen LogP contribution in [0.1, 0.15) is 62.2 Å².